The Morgan fingerprint density at radius 2 is 1.95 bits per heavy atom. The predicted octanol–water partition coefficient (Wildman–Crippen LogP) is -1.72. The average Bonchev–Trinajstić information content (AvgIpc) is 2.43. The molecule has 0 bridgehead atoms. The summed E-state index contributed by atoms with van der Waals surface area (Å²) in [5, 5.41) is 46.3. The van der Waals surface area contributed by atoms with Gasteiger partial charge in [-0.1, -0.05) is 6.92 Å². The molecule has 0 radical (unpaired) electrons. The highest BCUT2D eigenvalue weighted by molar-refractivity contribution is 4.88. The molecule has 1 aliphatic heterocycles. The van der Waals surface area contributed by atoms with Crippen LogP contribution in [0.4, 0.5) is 0 Å². The summed E-state index contributed by atoms with van der Waals surface area (Å²) in [6, 6.07) is 2.00. The van der Waals surface area contributed by atoms with Crippen molar-refractivity contribution in [3.05, 3.63) is 0 Å². The second kappa shape index (κ2) is 7.72. The molecule has 1 aliphatic rings. The van der Waals surface area contributed by atoms with Gasteiger partial charge >= 0.3 is 0 Å². The van der Waals surface area contributed by atoms with Gasteiger partial charge in [0.25, 0.3) is 0 Å². The third-order valence-electron chi connectivity index (χ3n) is 2.96. The first-order valence-corrected chi connectivity index (χ1v) is 6.03. The Morgan fingerprint density at radius 1 is 1.26 bits per heavy atom. The maximum atomic E-state index is 9.61. The standard InChI is InChI=1S/C11H19NO7/c1-2-6(3-12)5-17-19-11-10(16)9(15)8(14)7(4-13)18-11/h6-11,13-16H,2,4-5H2,1H3/t6?,7-,8-,9+,10-,11+/m1/s1. The number of nitrogens with zero attached hydrogens (tertiary/aromatic N) is 1. The molecule has 8 heteroatoms. The zero-order valence-electron chi connectivity index (χ0n) is 10.5. The van der Waals surface area contributed by atoms with E-state index in [1.165, 1.54) is 0 Å². The maximum Gasteiger partial charge on any atom is 0.220 e. The van der Waals surface area contributed by atoms with Gasteiger partial charge in [-0.3, -0.25) is 0 Å². The van der Waals surface area contributed by atoms with E-state index >= 15 is 0 Å². The van der Waals surface area contributed by atoms with Gasteiger partial charge in [-0.05, 0) is 6.42 Å². The largest absolute Gasteiger partial charge is 0.394 e. The van der Waals surface area contributed by atoms with E-state index in [4.69, 9.17) is 24.9 Å². The van der Waals surface area contributed by atoms with E-state index in [-0.39, 0.29) is 12.5 Å². The SMILES string of the molecule is CCC(C#N)COO[C@@H]1O[C@H](CO)[C@@H](O)[C@H](O)[C@H]1O. The third-order valence-corrected chi connectivity index (χ3v) is 2.96. The van der Waals surface area contributed by atoms with E-state index in [1.807, 2.05) is 13.0 Å². The number of hydrogen-bond donors (Lipinski definition) is 4. The first-order chi connectivity index (χ1) is 9.04. The minimum absolute atomic E-state index is 0.0119. The van der Waals surface area contributed by atoms with Gasteiger partial charge in [0.05, 0.1) is 25.2 Å². The van der Waals surface area contributed by atoms with Gasteiger partial charge in [0.1, 0.15) is 24.4 Å². The molecule has 6 atom stereocenters. The fourth-order valence-electron chi connectivity index (χ4n) is 1.58. The highest BCUT2D eigenvalue weighted by atomic mass is 17.2. The van der Waals surface area contributed by atoms with Gasteiger partial charge in [0, 0.05) is 0 Å². The summed E-state index contributed by atoms with van der Waals surface area (Å²) in [4.78, 5) is 9.56. The fourth-order valence-corrected chi connectivity index (χ4v) is 1.58. The molecule has 19 heavy (non-hydrogen) atoms. The van der Waals surface area contributed by atoms with E-state index in [1.54, 1.807) is 0 Å². The summed E-state index contributed by atoms with van der Waals surface area (Å²) in [5.41, 5.74) is 0. The van der Waals surface area contributed by atoms with Crippen LogP contribution in [0.5, 0.6) is 0 Å². The van der Waals surface area contributed by atoms with Crippen LogP contribution in [0.3, 0.4) is 0 Å². The van der Waals surface area contributed by atoms with Gasteiger partial charge in [-0.15, -0.1) is 0 Å². The van der Waals surface area contributed by atoms with Gasteiger partial charge in [-0.2, -0.15) is 5.26 Å². The zero-order valence-corrected chi connectivity index (χ0v) is 10.5. The average molecular weight is 277 g/mol. The van der Waals surface area contributed by atoms with Crippen molar-refractivity contribution in [1.29, 1.82) is 5.26 Å². The first-order valence-electron chi connectivity index (χ1n) is 6.03. The zero-order chi connectivity index (χ0) is 14.4. The molecule has 0 aliphatic carbocycles. The molecule has 0 aromatic carbocycles. The van der Waals surface area contributed by atoms with Crippen molar-refractivity contribution in [2.75, 3.05) is 13.2 Å². The van der Waals surface area contributed by atoms with Crippen molar-refractivity contribution in [2.45, 2.75) is 44.1 Å². The molecule has 0 aromatic heterocycles. The van der Waals surface area contributed by atoms with Crippen molar-refractivity contribution >= 4 is 0 Å². The van der Waals surface area contributed by atoms with Crippen molar-refractivity contribution in [3.63, 3.8) is 0 Å². The third kappa shape index (κ3) is 4.09. The summed E-state index contributed by atoms with van der Waals surface area (Å²) in [6.45, 7) is 1.26. The van der Waals surface area contributed by atoms with E-state index in [9.17, 15) is 15.3 Å². The summed E-state index contributed by atoms with van der Waals surface area (Å²) in [7, 11) is 0. The highest BCUT2D eigenvalue weighted by Gasteiger charge is 2.44. The van der Waals surface area contributed by atoms with Gasteiger partial charge in [0.2, 0.25) is 6.29 Å². The summed E-state index contributed by atoms with van der Waals surface area (Å²) in [6.07, 6.45) is -6.29. The maximum absolute atomic E-state index is 9.61. The van der Waals surface area contributed by atoms with Crippen LogP contribution < -0.4 is 0 Å². The van der Waals surface area contributed by atoms with Crippen molar-refractivity contribution < 1.29 is 34.9 Å². The van der Waals surface area contributed by atoms with E-state index in [0.29, 0.717) is 6.42 Å². The van der Waals surface area contributed by atoms with Crippen molar-refractivity contribution in [1.82, 2.24) is 0 Å². The number of ether oxygens (including phenoxy) is 1. The van der Waals surface area contributed by atoms with Crippen LogP contribution in [-0.2, 0) is 14.5 Å². The molecule has 1 rings (SSSR count). The molecule has 0 amide bonds. The Hall–Kier alpha value is -0.790. The lowest BCUT2D eigenvalue weighted by molar-refractivity contribution is -0.427. The molecule has 4 N–H and O–H groups in total. The van der Waals surface area contributed by atoms with Gasteiger partial charge < -0.3 is 25.2 Å². The lowest BCUT2D eigenvalue weighted by atomic mass is 9.99. The topological polar surface area (TPSA) is 132 Å². The molecule has 0 spiro atoms. The lowest BCUT2D eigenvalue weighted by Crippen LogP contribution is -2.59. The van der Waals surface area contributed by atoms with Crippen molar-refractivity contribution in [3.8, 4) is 6.07 Å². The molecular formula is C11H19NO7. The summed E-state index contributed by atoms with van der Waals surface area (Å²) >= 11 is 0. The number of nitriles is 1. The highest BCUT2D eigenvalue weighted by Crippen LogP contribution is 2.22. The Bertz CT molecular complexity index is 306. The Kier molecular flexibility index (Phi) is 6.60. The van der Waals surface area contributed by atoms with Crippen LogP contribution in [0.2, 0.25) is 0 Å². The number of aliphatic hydroxyl groups excluding tert-OH is 4. The molecule has 8 nitrogen and oxygen atoms in total. The number of aliphatic hydroxyl groups is 4. The molecule has 1 unspecified atom stereocenters. The smallest absolute Gasteiger partial charge is 0.220 e. The molecule has 0 aromatic rings. The second-order valence-corrected chi connectivity index (χ2v) is 4.31. The van der Waals surface area contributed by atoms with E-state index in [2.05, 4.69) is 0 Å². The number of rotatable bonds is 6. The Labute approximate surface area is 110 Å². The fraction of sp³-hybridized carbons (Fsp3) is 0.909. The molecule has 1 saturated heterocycles. The molecule has 1 heterocycles. The van der Waals surface area contributed by atoms with Gasteiger partial charge in [0.15, 0.2) is 0 Å². The minimum atomic E-state index is -1.52. The van der Waals surface area contributed by atoms with E-state index in [0.717, 1.165) is 0 Å². The predicted molar refractivity (Wildman–Crippen MR) is 60.2 cm³/mol. The minimum Gasteiger partial charge on any atom is -0.394 e. The summed E-state index contributed by atoms with van der Waals surface area (Å²) in [5.74, 6) is -0.357. The van der Waals surface area contributed by atoms with Crippen LogP contribution >= 0.6 is 0 Å². The van der Waals surface area contributed by atoms with Crippen molar-refractivity contribution in [2.24, 2.45) is 5.92 Å². The van der Waals surface area contributed by atoms with Crippen LogP contribution in [-0.4, -0.2) is 64.3 Å². The van der Waals surface area contributed by atoms with Crippen LogP contribution in [0, 0.1) is 17.2 Å². The molecule has 0 saturated carbocycles. The monoisotopic (exact) mass is 277 g/mol. The normalized spacial score (nSPS) is 36.7. The lowest BCUT2D eigenvalue weighted by Gasteiger charge is -2.38. The van der Waals surface area contributed by atoms with Crippen LogP contribution in [0.1, 0.15) is 13.3 Å². The van der Waals surface area contributed by atoms with Crippen LogP contribution in [0.15, 0.2) is 0 Å². The Morgan fingerprint density at radius 3 is 2.47 bits per heavy atom. The number of hydrogen-bond acceptors (Lipinski definition) is 8. The second-order valence-electron chi connectivity index (χ2n) is 4.31. The van der Waals surface area contributed by atoms with Crippen LogP contribution in [0.25, 0.3) is 0 Å². The first kappa shape index (κ1) is 16.3. The molecule has 110 valence electrons. The molecule has 1 fully saturated rings. The quantitative estimate of drug-likeness (QED) is 0.333. The van der Waals surface area contributed by atoms with E-state index < -0.39 is 37.3 Å². The van der Waals surface area contributed by atoms with Gasteiger partial charge in [-0.25, -0.2) is 9.78 Å². The Balaban J connectivity index is 2.46. The molecular weight excluding hydrogens is 258 g/mol. The summed E-state index contributed by atoms with van der Waals surface area (Å²) < 4.78 is 5.04.